The van der Waals surface area contributed by atoms with E-state index >= 15 is 0 Å². The standard InChI is InChI=1S/C13H28O3Si/c1-6-10-12(11-13(14)15-5)16-17(7-2,8-3)9-4/h12H,6-11H2,1-5H3/t12-/m1/s1. The van der Waals surface area contributed by atoms with E-state index < -0.39 is 8.32 Å². The van der Waals surface area contributed by atoms with Gasteiger partial charge in [0.15, 0.2) is 8.32 Å². The molecule has 0 N–H and O–H groups in total. The van der Waals surface area contributed by atoms with Crippen LogP contribution in [0.1, 0.15) is 47.0 Å². The second kappa shape index (κ2) is 8.70. The highest BCUT2D eigenvalue weighted by atomic mass is 28.4. The topological polar surface area (TPSA) is 35.5 Å². The fraction of sp³-hybridized carbons (Fsp3) is 0.923. The van der Waals surface area contributed by atoms with Crippen LogP contribution in [0, 0.1) is 0 Å². The number of methoxy groups -OCH3 is 1. The van der Waals surface area contributed by atoms with Crippen LogP contribution in [-0.4, -0.2) is 27.5 Å². The molecular weight excluding hydrogens is 232 g/mol. The lowest BCUT2D eigenvalue weighted by Gasteiger charge is -2.32. The van der Waals surface area contributed by atoms with Crippen molar-refractivity contribution in [2.24, 2.45) is 0 Å². The van der Waals surface area contributed by atoms with E-state index in [1.807, 2.05) is 0 Å². The zero-order chi connectivity index (χ0) is 13.3. The summed E-state index contributed by atoms with van der Waals surface area (Å²) in [5.41, 5.74) is 0. The van der Waals surface area contributed by atoms with Crippen molar-refractivity contribution < 1.29 is 14.0 Å². The molecule has 1 atom stereocenters. The van der Waals surface area contributed by atoms with Gasteiger partial charge in [-0.3, -0.25) is 4.79 Å². The third kappa shape index (κ3) is 5.68. The summed E-state index contributed by atoms with van der Waals surface area (Å²) >= 11 is 0. The third-order valence-corrected chi connectivity index (χ3v) is 8.28. The summed E-state index contributed by atoms with van der Waals surface area (Å²) in [5.74, 6) is -0.158. The van der Waals surface area contributed by atoms with Crippen molar-refractivity contribution >= 4 is 14.3 Å². The van der Waals surface area contributed by atoms with Gasteiger partial charge in [-0.1, -0.05) is 34.1 Å². The Balaban J connectivity index is 4.54. The minimum atomic E-state index is -1.61. The van der Waals surface area contributed by atoms with E-state index in [1.165, 1.54) is 7.11 Å². The number of rotatable bonds is 9. The number of carbonyl (C=O) groups excluding carboxylic acids is 1. The Morgan fingerprint density at radius 2 is 1.65 bits per heavy atom. The van der Waals surface area contributed by atoms with Gasteiger partial charge >= 0.3 is 5.97 Å². The fourth-order valence-electron chi connectivity index (χ4n) is 2.15. The summed E-state index contributed by atoms with van der Waals surface area (Å²) in [5, 5.41) is 0. The van der Waals surface area contributed by atoms with E-state index in [2.05, 4.69) is 27.7 Å². The van der Waals surface area contributed by atoms with Gasteiger partial charge < -0.3 is 9.16 Å². The molecule has 3 nitrogen and oxygen atoms in total. The van der Waals surface area contributed by atoms with Crippen LogP contribution in [-0.2, 0) is 14.0 Å². The molecule has 4 heteroatoms. The SMILES string of the molecule is CCC[C@H](CC(=O)OC)O[Si](CC)(CC)CC. The molecule has 0 bridgehead atoms. The molecule has 0 saturated carbocycles. The molecule has 0 radical (unpaired) electrons. The Hall–Kier alpha value is -0.353. The van der Waals surface area contributed by atoms with Crippen LogP contribution in [0.2, 0.25) is 18.1 Å². The molecule has 0 aliphatic rings. The minimum Gasteiger partial charge on any atom is -0.469 e. The molecule has 0 saturated heterocycles. The van der Waals surface area contributed by atoms with Gasteiger partial charge in [0.25, 0.3) is 0 Å². The molecule has 0 rings (SSSR count). The molecule has 0 amide bonds. The van der Waals surface area contributed by atoms with Gasteiger partial charge in [0, 0.05) is 0 Å². The number of carbonyl (C=O) groups is 1. The summed E-state index contributed by atoms with van der Waals surface area (Å²) in [6.07, 6.45) is 2.45. The van der Waals surface area contributed by atoms with E-state index in [-0.39, 0.29) is 12.1 Å². The fourth-order valence-corrected chi connectivity index (χ4v) is 5.06. The summed E-state index contributed by atoms with van der Waals surface area (Å²) < 4.78 is 11.1. The second-order valence-electron chi connectivity index (χ2n) is 4.55. The highest BCUT2D eigenvalue weighted by molar-refractivity contribution is 6.73. The Morgan fingerprint density at radius 1 is 1.12 bits per heavy atom. The summed E-state index contributed by atoms with van der Waals surface area (Å²) in [6, 6.07) is 3.38. The first-order chi connectivity index (χ1) is 8.07. The summed E-state index contributed by atoms with van der Waals surface area (Å²) in [4.78, 5) is 11.4. The van der Waals surface area contributed by atoms with Gasteiger partial charge in [0.1, 0.15) is 0 Å². The Kier molecular flexibility index (Phi) is 8.52. The lowest BCUT2D eigenvalue weighted by Crippen LogP contribution is -2.40. The van der Waals surface area contributed by atoms with E-state index in [0.29, 0.717) is 6.42 Å². The van der Waals surface area contributed by atoms with Crippen LogP contribution in [0.15, 0.2) is 0 Å². The first-order valence-corrected chi connectivity index (χ1v) is 9.35. The van der Waals surface area contributed by atoms with E-state index in [4.69, 9.17) is 9.16 Å². The first kappa shape index (κ1) is 16.6. The van der Waals surface area contributed by atoms with Crippen LogP contribution >= 0.6 is 0 Å². The molecule has 0 heterocycles. The van der Waals surface area contributed by atoms with Gasteiger partial charge in [0.2, 0.25) is 0 Å². The number of hydrogen-bond donors (Lipinski definition) is 0. The quantitative estimate of drug-likeness (QED) is 0.468. The maximum Gasteiger partial charge on any atom is 0.308 e. The predicted molar refractivity (Wildman–Crippen MR) is 73.6 cm³/mol. The van der Waals surface area contributed by atoms with Crippen molar-refractivity contribution in [3.63, 3.8) is 0 Å². The minimum absolute atomic E-state index is 0.0546. The molecule has 0 fully saturated rings. The highest BCUT2D eigenvalue weighted by Crippen LogP contribution is 2.26. The molecular formula is C13H28O3Si. The van der Waals surface area contributed by atoms with Gasteiger partial charge in [-0.05, 0) is 24.6 Å². The van der Waals surface area contributed by atoms with Crippen molar-refractivity contribution in [2.45, 2.75) is 71.2 Å². The number of hydrogen-bond acceptors (Lipinski definition) is 3. The van der Waals surface area contributed by atoms with E-state index in [9.17, 15) is 4.79 Å². The Morgan fingerprint density at radius 3 is 2.00 bits per heavy atom. The molecule has 0 aliphatic heterocycles. The summed E-state index contributed by atoms with van der Waals surface area (Å²) in [6.45, 7) is 8.75. The third-order valence-electron chi connectivity index (χ3n) is 3.58. The largest absolute Gasteiger partial charge is 0.469 e. The Bertz CT molecular complexity index is 206. The van der Waals surface area contributed by atoms with E-state index in [0.717, 1.165) is 31.0 Å². The zero-order valence-corrected chi connectivity index (χ0v) is 13.0. The molecule has 0 aromatic carbocycles. The molecule has 0 spiro atoms. The molecule has 0 aromatic heterocycles. The maximum atomic E-state index is 11.4. The molecule has 17 heavy (non-hydrogen) atoms. The number of ether oxygens (including phenoxy) is 1. The normalized spacial score (nSPS) is 13.5. The van der Waals surface area contributed by atoms with E-state index in [1.54, 1.807) is 0 Å². The van der Waals surface area contributed by atoms with Crippen molar-refractivity contribution in [1.29, 1.82) is 0 Å². The second-order valence-corrected chi connectivity index (χ2v) is 9.28. The van der Waals surface area contributed by atoms with Crippen molar-refractivity contribution in [3.05, 3.63) is 0 Å². The van der Waals surface area contributed by atoms with Crippen LogP contribution < -0.4 is 0 Å². The average Bonchev–Trinajstić information content (AvgIpc) is 2.36. The first-order valence-electron chi connectivity index (χ1n) is 6.82. The number of esters is 1. The molecule has 0 aliphatic carbocycles. The van der Waals surface area contributed by atoms with Crippen molar-refractivity contribution in [1.82, 2.24) is 0 Å². The van der Waals surface area contributed by atoms with Crippen LogP contribution in [0.3, 0.4) is 0 Å². The molecule has 0 unspecified atom stereocenters. The van der Waals surface area contributed by atoms with Crippen LogP contribution in [0.25, 0.3) is 0 Å². The highest BCUT2D eigenvalue weighted by Gasteiger charge is 2.32. The lowest BCUT2D eigenvalue weighted by atomic mass is 10.1. The molecule has 0 aromatic rings. The van der Waals surface area contributed by atoms with Gasteiger partial charge in [-0.2, -0.15) is 0 Å². The monoisotopic (exact) mass is 260 g/mol. The van der Waals surface area contributed by atoms with Crippen LogP contribution in [0.5, 0.6) is 0 Å². The van der Waals surface area contributed by atoms with Crippen molar-refractivity contribution in [2.75, 3.05) is 7.11 Å². The Labute approximate surface area is 107 Å². The van der Waals surface area contributed by atoms with Gasteiger partial charge in [-0.15, -0.1) is 0 Å². The molecule has 102 valence electrons. The van der Waals surface area contributed by atoms with Crippen molar-refractivity contribution in [3.8, 4) is 0 Å². The predicted octanol–water partition coefficient (Wildman–Crippen LogP) is 3.74. The summed E-state index contributed by atoms with van der Waals surface area (Å²) in [7, 11) is -0.165. The van der Waals surface area contributed by atoms with Gasteiger partial charge in [0.05, 0.1) is 19.6 Å². The average molecular weight is 260 g/mol. The zero-order valence-electron chi connectivity index (χ0n) is 12.0. The van der Waals surface area contributed by atoms with Crippen LogP contribution in [0.4, 0.5) is 0 Å². The van der Waals surface area contributed by atoms with Gasteiger partial charge in [-0.25, -0.2) is 0 Å². The maximum absolute atomic E-state index is 11.4. The lowest BCUT2D eigenvalue weighted by molar-refractivity contribution is -0.142. The smallest absolute Gasteiger partial charge is 0.308 e.